The van der Waals surface area contributed by atoms with E-state index < -0.39 is 29.9 Å². The van der Waals surface area contributed by atoms with Gasteiger partial charge in [0.1, 0.15) is 5.65 Å². The number of rotatable bonds is 10. The van der Waals surface area contributed by atoms with Crippen LogP contribution in [0.5, 0.6) is 0 Å². The Bertz CT molecular complexity index is 1370. The third-order valence-electron chi connectivity index (χ3n) is 6.87. The van der Waals surface area contributed by atoms with Crippen LogP contribution < -0.4 is 5.32 Å². The number of ether oxygens (including phenoxy) is 2. The first-order valence-electron chi connectivity index (χ1n) is 13.2. The summed E-state index contributed by atoms with van der Waals surface area (Å²) in [4.78, 5) is 41.1. The zero-order chi connectivity index (χ0) is 28.1. The number of nitrogens with one attached hydrogen (secondary N) is 2. The summed E-state index contributed by atoms with van der Waals surface area (Å²) in [5.74, 6) is -1.48. The van der Waals surface area contributed by atoms with Gasteiger partial charge < -0.3 is 19.8 Å². The fraction of sp³-hybridized carbons (Fsp3) is 0.464. The van der Waals surface area contributed by atoms with Gasteiger partial charge in [0.25, 0.3) is 0 Å². The lowest BCUT2D eigenvalue weighted by molar-refractivity contribution is -0.139. The minimum atomic E-state index is -0.592. The van der Waals surface area contributed by atoms with Gasteiger partial charge >= 0.3 is 5.97 Å². The number of aromatic nitrogens is 4. The van der Waals surface area contributed by atoms with Crippen LogP contribution in [0, 0.1) is 11.7 Å². The number of hydrogen-bond donors (Lipinski definition) is 2. The lowest BCUT2D eigenvalue weighted by Gasteiger charge is -2.38. The molecule has 3 aromatic rings. The molecule has 1 aliphatic carbocycles. The zero-order valence-corrected chi connectivity index (χ0v) is 23.2. The smallest absolute Gasteiger partial charge is 0.333 e. The Morgan fingerprint density at radius 1 is 1.23 bits per heavy atom. The number of esters is 1. The van der Waals surface area contributed by atoms with Crippen molar-refractivity contribution in [2.75, 3.05) is 6.61 Å². The van der Waals surface area contributed by atoms with Gasteiger partial charge in [-0.1, -0.05) is 31.5 Å². The summed E-state index contributed by atoms with van der Waals surface area (Å²) in [7, 11) is 0. The van der Waals surface area contributed by atoms with Crippen LogP contribution in [0.1, 0.15) is 52.7 Å². The molecule has 0 aromatic carbocycles. The second-order valence-electron chi connectivity index (χ2n) is 9.56. The van der Waals surface area contributed by atoms with Crippen LogP contribution in [0.15, 0.2) is 36.3 Å². The third-order valence-corrected chi connectivity index (χ3v) is 7.07. The minimum Gasteiger partial charge on any atom is -0.463 e. The standard InChI is InChI=1S/C28H33ClFN5O4/c1-5-19(6-2)39-24-10-17(28(37)38-7-3)8-16(25(24)34-15(4)36)9-23-22(30)14-33-27(35-23)21-13-32-26-20(21)11-18(29)12-31-26/h8,11-14,16,19,24-25H,5-7,9-10H2,1-4H3,(H,31,32)(H,34,36)/t16?,24-,25-/m1/s1. The quantitative estimate of drug-likeness (QED) is 0.339. The Hall–Kier alpha value is -3.37. The second-order valence-corrected chi connectivity index (χ2v) is 10.0. The predicted molar refractivity (Wildman–Crippen MR) is 145 cm³/mol. The summed E-state index contributed by atoms with van der Waals surface area (Å²) in [6, 6.07) is 1.24. The molecule has 0 saturated heterocycles. The molecule has 1 unspecified atom stereocenters. The van der Waals surface area contributed by atoms with E-state index in [1.165, 1.54) is 13.1 Å². The van der Waals surface area contributed by atoms with E-state index in [1.807, 2.05) is 13.8 Å². The Labute approximate surface area is 231 Å². The van der Waals surface area contributed by atoms with Crippen LogP contribution in [0.25, 0.3) is 22.4 Å². The average molecular weight is 558 g/mol. The van der Waals surface area contributed by atoms with E-state index in [0.29, 0.717) is 33.0 Å². The molecule has 0 spiro atoms. The summed E-state index contributed by atoms with van der Waals surface area (Å²) < 4.78 is 26.8. The van der Waals surface area contributed by atoms with Crippen molar-refractivity contribution in [2.24, 2.45) is 5.92 Å². The zero-order valence-electron chi connectivity index (χ0n) is 22.5. The maximum atomic E-state index is 15.1. The molecule has 0 saturated carbocycles. The van der Waals surface area contributed by atoms with Gasteiger partial charge in [0.05, 0.1) is 41.8 Å². The molecule has 0 radical (unpaired) electrons. The van der Waals surface area contributed by atoms with E-state index in [9.17, 15) is 9.59 Å². The van der Waals surface area contributed by atoms with Crippen molar-refractivity contribution in [1.82, 2.24) is 25.3 Å². The van der Waals surface area contributed by atoms with Crippen molar-refractivity contribution in [2.45, 2.75) is 71.6 Å². The maximum Gasteiger partial charge on any atom is 0.333 e. The molecular weight excluding hydrogens is 525 g/mol. The van der Waals surface area contributed by atoms with Gasteiger partial charge in [0.2, 0.25) is 5.91 Å². The van der Waals surface area contributed by atoms with Gasteiger partial charge in [-0.05, 0) is 25.8 Å². The molecule has 4 rings (SSSR count). The normalized spacial score (nSPS) is 19.3. The number of fused-ring (bicyclic) bond motifs is 1. The molecule has 39 heavy (non-hydrogen) atoms. The Balaban J connectivity index is 1.73. The highest BCUT2D eigenvalue weighted by atomic mass is 35.5. The largest absolute Gasteiger partial charge is 0.463 e. The molecule has 3 atom stereocenters. The maximum absolute atomic E-state index is 15.1. The van der Waals surface area contributed by atoms with Crippen molar-refractivity contribution in [3.05, 3.63) is 52.8 Å². The molecule has 3 heterocycles. The van der Waals surface area contributed by atoms with E-state index in [1.54, 1.807) is 25.3 Å². The first-order valence-corrected chi connectivity index (χ1v) is 13.6. The summed E-state index contributed by atoms with van der Waals surface area (Å²) in [6.07, 6.45) is 7.46. The van der Waals surface area contributed by atoms with E-state index in [4.69, 9.17) is 21.1 Å². The molecule has 1 amide bonds. The first kappa shape index (κ1) is 28.6. The number of pyridine rings is 1. The SMILES string of the molecule is CCOC(=O)C1=CC(Cc2nc(-c3c[nH]c4ncc(Cl)cc34)ncc2F)[C@@H](NC(C)=O)[C@H](OC(CC)CC)C1. The monoisotopic (exact) mass is 557 g/mol. The van der Waals surface area contributed by atoms with Gasteiger partial charge in [0, 0.05) is 54.6 Å². The van der Waals surface area contributed by atoms with Crippen molar-refractivity contribution in [3.63, 3.8) is 0 Å². The fourth-order valence-electron chi connectivity index (χ4n) is 4.97. The van der Waals surface area contributed by atoms with Crippen LogP contribution in [0.3, 0.4) is 0 Å². The number of hydrogen-bond acceptors (Lipinski definition) is 7. The molecule has 0 bridgehead atoms. The van der Waals surface area contributed by atoms with E-state index >= 15 is 4.39 Å². The molecule has 208 valence electrons. The second kappa shape index (κ2) is 12.7. The minimum absolute atomic E-state index is 0.0573. The van der Waals surface area contributed by atoms with Crippen molar-refractivity contribution in [1.29, 1.82) is 0 Å². The van der Waals surface area contributed by atoms with E-state index in [0.717, 1.165) is 19.0 Å². The predicted octanol–water partition coefficient (Wildman–Crippen LogP) is 4.94. The van der Waals surface area contributed by atoms with E-state index in [2.05, 4.69) is 25.3 Å². The molecular formula is C28H33ClFN5O4. The first-order chi connectivity index (χ1) is 18.7. The highest BCUT2D eigenvalue weighted by Crippen LogP contribution is 2.32. The van der Waals surface area contributed by atoms with E-state index in [-0.39, 0.29) is 37.2 Å². The number of carbonyl (C=O) groups is 2. The van der Waals surface area contributed by atoms with Crippen molar-refractivity contribution >= 4 is 34.5 Å². The van der Waals surface area contributed by atoms with Crippen molar-refractivity contribution in [3.8, 4) is 11.4 Å². The lowest BCUT2D eigenvalue weighted by atomic mass is 9.80. The van der Waals surface area contributed by atoms with Crippen LogP contribution in [-0.4, -0.2) is 56.7 Å². The number of aromatic amines is 1. The number of nitrogens with zero attached hydrogens (tertiary/aromatic N) is 3. The van der Waals surface area contributed by atoms with Crippen molar-refractivity contribution < 1.29 is 23.5 Å². The summed E-state index contributed by atoms with van der Waals surface area (Å²) >= 11 is 6.14. The summed E-state index contributed by atoms with van der Waals surface area (Å²) in [6.45, 7) is 7.43. The topological polar surface area (TPSA) is 119 Å². The highest BCUT2D eigenvalue weighted by Gasteiger charge is 2.38. The van der Waals surface area contributed by atoms with Crippen LogP contribution in [0.4, 0.5) is 4.39 Å². The fourth-order valence-corrected chi connectivity index (χ4v) is 5.13. The molecule has 3 aromatic heterocycles. The molecule has 9 nitrogen and oxygen atoms in total. The summed E-state index contributed by atoms with van der Waals surface area (Å²) in [5.41, 5.74) is 1.81. The number of halogens is 2. The van der Waals surface area contributed by atoms with Gasteiger partial charge in [-0.15, -0.1) is 0 Å². The number of H-pyrrole nitrogens is 1. The lowest BCUT2D eigenvalue weighted by Crippen LogP contribution is -2.52. The molecule has 0 fully saturated rings. The van der Waals surface area contributed by atoms with Crippen LogP contribution >= 0.6 is 11.6 Å². The Morgan fingerprint density at radius 2 is 2.00 bits per heavy atom. The molecule has 0 aliphatic heterocycles. The molecule has 2 N–H and O–H groups in total. The third kappa shape index (κ3) is 6.62. The number of carbonyl (C=O) groups excluding carboxylic acids is 2. The summed E-state index contributed by atoms with van der Waals surface area (Å²) in [5, 5.41) is 4.14. The van der Waals surface area contributed by atoms with Crippen LogP contribution in [0.2, 0.25) is 5.02 Å². The Morgan fingerprint density at radius 3 is 2.69 bits per heavy atom. The Kier molecular flexibility index (Phi) is 9.29. The average Bonchev–Trinajstić information content (AvgIpc) is 3.32. The number of amides is 1. The van der Waals surface area contributed by atoms with Gasteiger partial charge in [-0.2, -0.15) is 0 Å². The highest BCUT2D eigenvalue weighted by molar-refractivity contribution is 6.31. The molecule has 1 aliphatic rings. The van der Waals surface area contributed by atoms with Gasteiger partial charge in [-0.25, -0.2) is 24.1 Å². The van der Waals surface area contributed by atoms with Gasteiger partial charge in [0.15, 0.2) is 11.6 Å². The van der Waals surface area contributed by atoms with Crippen LogP contribution in [-0.2, 0) is 25.5 Å². The van der Waals surface area contributed by atoms with Gasteiger partial charge in [-0.3, -0.25) is 4.79 Å². The molecule has 11 heteroatoms.